The largest absolute Gasteiger partial charge is 0.310 e. The lowest BCUT2D eigenvalue weighted by Crippen LogP contribution is -2.26. The van der Waals surface area contributed by atoms with Gasteiger partial charge in [-0.15, -0.1) is 0 Å². The van der Waals surface area contributed by atoms with E-state index in [1.807, 2.05) is 0 Å². The minimum Gasteiger partial charge on any atom is -0.310 e. The molecular weight excluding hydrogens is 687 g/mol. The minimum atomic E-state index is -0.509. The molecule has 9 aromatic carbocycles. The fourth-order valence-corrected chi connectivity index (χ4v) is 10.8. The van der Waals surface area contributed by atoms with E-state index in [0.29, 0.717) is 0 Å². The molecule has 1 nitrogen and oxygen atoms in total. The highest BCUT2D eigenvalue weighted by Crippen LogP contribution is 2.66. The number of benzene rings is 9. The summed E-state index contributed by atoms with van der Waals surface area (Å²) in [4.78, 5) is 2.53. The monoisotopic (exact) mass is 725 g/mol. The van der Waals surface area contributed by atoms with Gasteiger partial charge in [0.25, 0.3) is 0 Å². The zero-order chi connectivity index (χ0) is 37.9. The summed E-state index contributed by atoms with van der Waals surface area (Å²) in [5.74, 6) is 0. The predicted molar refractivity (Wildman–Crippen MR) is 238 cm³/mol. The molecule has 0 N–H and O–H groups in total. The van der Waals surface area contributed by atoms with E-state index >= 15 is 0 Å². The van der Waals surface area contributed by atoms with E-state index in [0.717, 1.165) is 11.4 Å². The van der Waals surface area contributed by atoms with Gasteiger partial charge in [-0.2, -0.15) is 0 Å². The zero-order valence-electron chi connectivity index (χ0n) is 32.0. The Balaban J connectivity index is 1.21. The molecule has 0 saturated carbocycles. The molecule has 1 spiro atoms. The van der Waals surface area contributed by atoms with Gasteiger partial charge in [0.1, 0.15) is 0 Å². The van der Waals surface area contributed by atoms with Gasteiger partial charge in [0.15, 0.2) is 0 Å². The number of anilines is 3. The molecule has 1 unspecified atom stereocenters. The van der Waals surface area contributed by atoms with Gasteiger partial charge in [-0.1, -0.05) is 178 Å². The first-order chi connectivity index (χ1) is 28.0. The predicted octanol–water partition coefficient (Wildman–Crippen LogP) is 14.6. The van der Waals surface area contributed by atoms with Gasteiger partial charge in [0.2, 0.25) is 0 Å². The molecule has 1 atom stereocenters. The maximum Gasteiger partial charge on any atom is 0.0726 e. The summed E-state index contributed by atoms with van der Waals surface area (Å²) in [5.41, 5.74) is 21.3. The van der Waals surface area contributed by atoms with Crippen molar-refractivity contribution in [3.63, 3.8) is 0 Å². The third-order valence-electron chi connectivity index (χ3n) is 13.2. The topological polar surface area (TPSA) is 3.24 Å². The summed E-state index contributed by atoms with van der Waals surface area (Å²) in [6, 6.07) is 75.0. The van der Waals surface area contributed by atoms with Crippen molar-refractivity contribution >= 4 is 27.8 Å². The molecule has 0 fully saturated rings. The molecule has 0 bridgehead atoms. The molecule has 12 rings (SSSR count). The van der Waals surface area contributed by atoms with Crippen LogP contribution in [-0.2, 0) is 10.8 Å². The molecule has 268 valence electrons. The average Bonchev–Trinajstić information content (AvgIpc) is 3.83. The maximum absolute atomic E-state index is 2.53. The summed E-state index contributed by atoms with van der Waals surface area (Å²) in [7, 11) is 0. The molecule has 0 saturated heterocycles. The highest BCUT2D eigenvalue weighted by atomic mass is 15.1. The SMILES string of the molecule is CC1(C)c2ccccc2-c2ccc(N(c3ccccc3)c3cc(-c4ccccc4)cc4c3-c3ccccc3C43c4ccccc4-c4c3ccc3ccccc43)cc21. The van der Waals surface area contributed by atoms with Crippen LogP contribution in [0, 0.1) is 0 Å². The summed E-state index contributed by atoms with van der Waals surface area (Å²) in [6.07, 6.45) is 0. The van der Waals surface area contributed by atoms with Gasteiger partial charge in [0.05, 0.1) is 11.1 Å². The summed E-state index contributed by atoms with van der Waals surface area (Å²) < 4.78 is 0. The summed E-state index contributed by atoms with van der Waals surface area (Å²) >= 11 is 0. The quantitative estimate of drug-likeness (QED) is 0.175. The molecule has 0 radical (unpaired) electrons. The first-order valence-electron chi connectivity index (χ1n) is 20.1. The van der Waals surface area contributed by atoms with Crippen molar-refractivity contribution < 1.29 is 0 Å². The van der Waals surface area contributed by atoms with Crippen LogP contribution < -0.4 is 4.90 Å². The Labute approximate surface area is 334 Å². The molecule has 1 heteroatoms. The van der Waals surface area contributed by atoms with Crippen LogP contribution in [0.3, 0.4) is 0 Å². The number of nitrogens with zero attached hydrogens (tertiary/aromatic N) is 1. The first-order valence-corrected chi connectivity index (χ1v) is 20.1. The molecule has 57 heavy (non-hydrogen) atoms. The zero-order valence-corrected chi connectivity index (χ0v) is 32.0. The Hall–Kier alpha value is -6.96. The molecule has 3 aliphatic rings. The van der Waals surface area contributed by atoms with Gasteiger partial charge >= 0.3 is 0 Å². The molecule has 3 aliphatic carbocycles. The van der Waals surface area contributed by atoms with Gasteiger partial charge in [-0.25, -0.2) is 0 Å². The Morgan fingerprint density at radius 1 is 0.351 bits per heavy atom. The minimum absolute atomic E-state index is 0.130. The van der Waals surface area contributed by atoms with E-state index in [9.17, 15) is 0 Å². The molecule has 0 amide bonds. The fourth-order valence-electron chi connectivity index (χ4n) is 10.8. The van der Waals surface area contributed by atoms with Crippen LogP contribution in [0.1, 0.15) is 47.2 Å². The third kappa shape index (κ3) is 4.29. The van der Waals surface area contributed by atoms with Crippen LogP contribution in [0.25, 0.3) is 55.3 Å². The van der Waals surface area contributed by atoms with Crippen LogP contribution in [0.15, 0.2) is 200 Å². The standard InChI is InChI=1S/C56H39N/c1-55(2)46-26-14-11-23-42(46)43-31-30-40(35-50(43)55)57(39-20-7-4-8-21-39)52-34-38(36-17-5-3-6-18-36)33-51-54(52)45-25-13-16-28-48(45)56(51)47-27-15-12-24-44(47)53-41-22-10-9-19-37(41)29-32-49(53)56/h3-35H,1-2H3. The van der Waals surface area contributed by atoms with Crippen LogP contribution in [0.2, 0.25) is 0 Å². The smallest absolute Gasteiger partial charge is 0.0726 e. The number of fused-ring (bicyclic) bond motifs is 15. The fraction of sp³-hybridized carbons (Fsp3) is 0.0714. The lowest BCUT2D eigenvalue weighted by atomic mass is 9.70. The number of hydrogen-bond donors (Lipinski definition) is 0. The van der Waals surface area contributed by atoms with Crippen LogP contribution >= 0.6 is 0 Å². The molecular formula is C56H39N. The summed E-state index contributed by atoms with van der Waals surface area (Å²) in [6.45, 7) is 4.75. The van der Waals surface area contributed by atoms with Gasteiger partial charge < -0.3 is 4.90 Å². The lowest BCUT2D eigenvalue weighted by Gasteiger charge is -2.33. The van der Waals surface area contributed by atoms with Gasteiger partial charge in [0, 0.05) is 22.4 Å². The van der Waals surface area contributed by atoms with Crippen LogP contribution in [-0.4, -0.2) is 0 Å². The molecule has 9 aromatic rings. The number of hydrogen-bond acceptors (Lipinski definition) is 1. The number of rotatable bonds is 4. The Kier molecular flexibility index (Phi) is 6.67. The van der Waals surface area contributed by atoms with Gasteiger partial charge in [-0.3, -0.25) is 0 Å². The Morgan fingerprint density at radius 3 is 1.70 bits per heavy atom. The van der Waals surface area contributed by atoms with Gasteiger partial charge in [-0.05, 0) is 119 Å². The third-order valence-corrected chi connectivity index (χ3v) is 13.2. The van der Waals surface area contributed by atoms with Crippen molar-refractivity contribution in [3.05, 3.63) is 234 Å². The summed E-state index contributed by atoms with van der Waals surface area (Å²) in [5, 5.41) is 2.57. The highest BCUT2D eigenvalue weighted by molar-refractivity contribution is 6.08. The Bertz CT molecular complexity index is 3100. The lowest BCUT2D eigenvalue weighted by molar-refractivity contribution is 0.660. The molecule has 0 aromatic heterocycles. The van der Waals surface area contributed by atoms with Crippen LogP contribution in [0.5, 0.6) is 0 Å². The van der Waals surface area contributed by atoms with E-state index in [1.54, 1.807) is 0 Å². The normalized spacial score (nSPS) is 16.1. The Morgan fingerprint density at radius 2 is 0.947 bits per heavy atom. The van der Waals surface area contributed by atoms with E-state index in [2.05, 4.69) is 219 Å². The van der Waals surface area contributed by atoms with Crippen molar-refractivity contribution in [1.82, 2.24) is 0 Å². The van der Waals surface area contributed by atoms with E-state index < -0.39 is 5.41 Å². The van der Waals surface area contributed by atoms with Crippen molar-refractivity contribution in [2.75, 3.05) is 4.90 Å². The van der Waals surface area contributed by atoms with Crippen LogP contribution in [0.4, 0.5) is 17.1 Å². The second-order valence-electron chi connectivity index (χ2n) is 16.4. The molecule has 0 heterocycles. The van der Waals surface area contributed by atoms with Crippen molar-refractivity contribution in [2.45, 2.75) is 24.7 Å². The second-order valence-corrected chi connectivity index (χ2v) is 16.4. The van der Waals surface area contributed by atoms with E-state index in [1.165, 1.54) is 94.3 Å². The first kappa shape index (κ1) is 32.3. The van der Waals surface area contributed by atoms with E-state index in [-0.39, 0.29) is 5.41 Å². The number of para-hydroxylation sites is 1. The maximum atomic E-state index is 2.53. The highest BCUT2D eigenvalue weighted by Gasteiger charge is 2.53. The second kappa shape index (κ2) is 11.8. The molecule has 0 aliphatic heterocycles. The van der Waals surface area contributed by atoms with Crippen molar-refractivity contribution in [3.8, 4) is 44.5 Å². The van der Waals surface area contributed by atoms with Crippen molar-refractivity contribution in [1.29, 1.82) is 0 Å². The van der Waals surface area contributed by atoms with Crippen molar-refractivity contribution in [2.24, 2.45) is 0 Å². The average molecular weight is 726 g/mol. The van der Waals surface area contributed by atoms with E-state index in [4.69, 9.17) is 0 Å².